The molecule has 1 amide bonds. The van der Waals surface area contributed by atoms with Crippen LogP contribution in [0.3, 0.4) is 0 Å². The molecule has 1 fully saturated rings. The van der Waals surface area contributed by atoms with Crippen molar-refractivity contribution in [3.05, 3.63) is 65.0 Å². The van der Waals surface area contributed by atoms with Crippen LogP contribution in [0.2, 0.25) is 0 Å². The highest BCUT2D eigenvalue weighted by molar-refractivity contribution is 7.92. The molecule has 2 aromatic rings. The quantitative estimate of drug-likeness (QED) is 0.678. The number of anilines is 1. The van der Waals surface area contributed by atoms with Crippen molar-refractivity contribution in [3.63, 3.8) is 0 Å². The Kier molecular flexibility index (Phi) is 5.95. The third-order valence-corrected chi connectivity index (χ3v) is 6.70. The maximum atomic E-state index is 14.3. The zero-order valence-electron chi connectivity index (χ0n) is 18.9. The van der Waals surface area contributed by atoms with Gasteiger partial charge in [-0.25, -0.2) is 12.8 Å². The van der Waals surface area contributed by atoms with Crippen LogP contribution >= 0.6 is 0 Å². The summed E-state index contributed by atoms with van der Waals surface area (Å²) in [7, 11) is -3.56. The maximum Gasteiger partial charge on any atom is 0.229 e. The van der Waals surface area contributed by atoms with E-state index in [1.807, 2.05) is 0 Å². The van der Waals surface area contributed by atoms with Crippen LogP contribution in [0.25, 0.3) is 0 Å². The van der Waals surface area contributed by atoms with E-state index >= 15 is 0 Å². The molecule has 31 heavy (non-hydrogen) atoms. The second-order valence-corrected chi connectivity index (χ2v) is 11.6. The third kappa shape index (κ3) is 5.26. The predicted octanol–water partition coefficient (Wildman–Crippen LogP) is 4.65. The average molecular weight is 447 g/mol. The molecule has 1 saturated carbocycles. The summed E-state index contributed by atoms with van der Waals surface area (Å²) >= 11 is 0. The van der Waals surface area contributed by atoms with Gasteiger partial charge >= 0.3 is 0 Å². The van der Waals surface area contributed by atoms with Gasteiger partial charge in [-0.3, -0.25) is 9.52 Å². The van der Waals surface area contributed by atoms with Gasteiger partial charge in [-0.2, -0.15) is 0 Å². The van der Waals surface area contributed by atoms with Gasteiger partial charge in [0.2, 0.25) is 15.9 Å². The van der Waals surface area contributed by atoms with Crippen LogP contribution in [0.5, 0.6) is 0 Å². The van der Waals surface area contributed by atoms with Gasteiger partial charge in [0.15, 0.2) is 0 Å². The number of carbonyl (C=O) groups excluding carboxylic acids is 1. The molecule has 168 valence electrons. The molecule has 0 bridgehead atoms. The lowest BCUT2D eigenvalue weighted by Crippen LogP contribution is -2.30. The van der Waals surface area contributed by atoms with E-state index in [9.17, 15) is 17.6 Å². The summed E-state index contributed by atoms with van der Waals surface area (Å²) in [6.07, 6.45) is 1.73. The minimum Gasteiger partial charge on any atom is -0.349 e. The fraction of sp³-hybridized carbons (Fsp3) is 0.458. The summed E-state index contributed by atoms with van der Waals surface area (Å²) in [6, 6.07) is 12.3. The molecular weight excluding hydrogens is 415 g/mol. The molecule has 2 aromatic carbocycles. The predicted molar refractivity (Wildman–Crippen MR) is 122 cm³/mol. The van der Waals surface area contributed by atoms with Crippen LogP contribution in [0.15, 0.2) is 42.5 Å². The lowest BCUT2D eigenvalue weighted by molar-refractivity contribution is -0.123. The Morgan fingerprint density at radius 3 is 2.29 bits per heavy atom. The van der Waals surface area contributed by atoms with Gasteiger partial charge < -0.3 is 5.32 Å². The number of hydrogen-bond acceptors (Lipinski definition) is 3. The first kappa shape index (κ1) is 23.3. The van der Waals surface area contributed by atoms with Crippen LogP contribution in [0.1, 0.15) is 63.8 Å². The molecule has 1 aliphatic carbocycles. The standard InChI is InChI=1S/C24H31FN2O3S/c1-15(16-7-12-21(20(25)13-16)27-31(6,29)30)26-22(28)19-14-24(19,5)18-10-8-17(9-11-18)23(2,3)4/h7-13,15,19,27H,14H2,1-6H3,(H,26,28)/t15-,19?,24?/m1/s1. The fourth-order valence-corrected chi connectivity index (χ4v) is 4.46. The number of sulfonamides is 1. The zero-order valence-corrected chi connectivity index (χ0v) is 19.7. The maximum absolute atomic E-state index is 14.3. The number of rotatable bonds is 6. The van der Waals surface area contributed by atoms with E-state index < -0.39 is 21.9 Å². The average Bonchev–Trinajstić information content (AvgIpc) is 3.35. The van der Waals surface area contributed by atoms with Gasteiger partial charge in [0.05, 0.1) is 18.0 Å². The van der Waals surface area contributed by atoms with E-state index in [1.165, 1.54) is 17.7 Å². The number of carbonyl (C=O) groups is 1. The van der Waals surface area contributed by atoms with E-state index in [1.54, 1.807) is 13.0 Å². The number of nitrogens with one attached hydrogen (secondary N) is 2. The second kappa shape index (κ2) is 7.93. The first-order valence-electron chi connectivity index (χ1n) is 10.4. The van der Waals surface area contributed by atoms with Crippen LogP contribution in [-0.2, 0) is 25.6 Å². The zero-order chi connectivity index (χ0) is 23.2. The molecular formula is C24H31FN2O3S. The highest BCUT2D eigenvalue weighted by atomic mass is 32.2. The lowest BCUT2D eigenvalue weighted by Gasteiger charge is -2.21. The fourth-order valence-electron chi connectivity index (χ4n) is 3.90. The SMILES string of the molecule is C[C@@H](NC(=O)C1CC1(C)c1ccc(C(C)(C)C)cc1)c1ccc(NS(C)(=O)=O)c(F)c1. The van der Waals surface area contributed by atoms with Crippen LogP contribution in [0, 0.1) is 11.7 Å². The van der Waals surface area contributed by atoms with E-state index in [2.05, 4.69) is 62.0 Å². The Hall–Kier alpha value is -2.41. The Morgan fingerprint density at radius 1 is 1.16 bits per heavy atom. The van der Waals surface area contributed by atoms with Gasteiger partial charge in [0.25, 0.3) is 0 Å². The Balaban J connectivity index is 1.66. The van der Waals surface area contributed by atoms with Crippen molar-refractivity contribution in [3.8, 4) is 0 Å². The third-order valence-electron chi connectivity index (χ3n) is 6.11. The van der Waals surface area contributed by atoms with E-state index in [4.69, 9.17) is 0 Å². The Morgan fingerprint density at radius 2 is 1.77 bits per heavy atom. The van der Waals surface area contributed by atoms with Gasteiger partial charge in [0.1, 0.15) is 5.82 Å². The molecule has 0 heterocycles. The topological polar surface area (TPSA) is 75.3 Å². The molecule has 2 unspecified atom stereocenters. The van der Waals surface area contributed by atoms with Crippen molar-refractivity contribution < 1.29 is 17.6 Å². The van der Waals surface area contributed by atoms with Crippen molar-refractivity contribution in [2.45, 2.75) is 57.9 Å². The summed E-state index contributed by atoms with van der Waals surface area (Å²) in [5.41, 5.74) is 2.74. The largest absolute Gasteiger partial charge is 0.349 e. The molecule has 3 rings (SSSR count). The van der Waals surface area contributed by atoms with Crippen LogP contribution < -0.4 is 10.0 Å². The van der Waals surface area contributed by atoms with Crippen LogP contribution in [0.4, 0.5) is 10.1 Å². The Labute approximate surface area is 184 Å². The molecule has 0 aliphatic heterocycles. The normalized spacial score (nSPS) is 22.0. The lowest BCUT2D eigenvalue weighted by atomic mass is 9.85. The molecule has 0 aromatic heterocycles. The Bertz CT molecular complexity index is 1090. The number of benzene rings is 2. The molecule has 3 atom stereocenters. The van der Waals surface area contributed by atoms with Crippen molar-refractivity contribution in [1.82, 2.24) is 5.32 Å². The molecule has 0 radical (unpaired) electrons. The number of amides is 1. The van der Waals surface area contributed by atoms with Gasteiger partial charge in [-0.15, -0.1) is 0 Å². The summed E-state index contributed by atoms with van der Waals surface area (Å²) in [4.78, 5) is 12.8. The van der Waals surface area contributed by atoms with E-state index in [0.29, 0.717) is 5.56 Å². The summed E-state index contributed by atoms with van der Waals surface area (Å²) < 4.78 is 39.0. The molecule has 5 nitrogen and oxygen atoms in total. The molecule has 0 spiro atoms. The summed E-state index contributed by atoms with van der Waals surface area (Å²) in [5, 5.41) is 2.97. The van der Waals surface area contributed by atoms with E-state index in [-0.39, 0.29) is 28.3 Å². The first-order valence-corrected chi connectivity index (χ1v) is 12.3. The summed E-state index contributed by atoms with van der Waals surface area (Å²) in [5.74, 6) is -0.876. The molecule has 2 N–H and O–H groups in total. The molecule has 1 aliphatic rings. The molecule has 7 heteroatoms. The van der Waals surface area contributed by atoms with Crippen molar-refractivity contribution in [1.29, 1.82) is 0 Å². The van der Waals surface area contributed by atoms with Gasteiger partial charge in [0, 0.05) is 11.3 Å². The summed E-state index contributed by atoms with van der Waals surface area (Å²) in [6.45, 7) is 10.4. The highest BCUT2D eigenvalue weighted by Crippen LogP contribution is 2.54. The molecule has 0 saturated heterocycles. The highest BCUT2D eigenvalue weighted by Gasteiger charge is 2.55. The second-order valence-electron chi connectivity index (χ2n) is 9.85. The number of halogens is 1. The number of hydrogen-bond donors (Lipinski definition) is 2. The van der Waals surface area contributed by atoms with Gasteiger partial charge in [-0.1, -0.05) is 58.0 Å². The first-order chi connectivity index (χ1) is 14.2. The van der Waals surface area contributed by atoms with E-state index in [0.717, 1.165) is 18.2 Å². The minimum atomic E-state index is -3.56. The van der Waals surface area contributed by atoms with Gasteiger partial charge in [-0.05, 0) is 47.6 Å². The smallest absolute Gasteiger partial charge is 0.229 e. The monoisotopic (exact) mass is 446 g/mol. The van der Waals surface area contributed by atoms with Crippen molar-refractivity contribution >= 4 is 21.6 Å². The van der Waals surface area contributed by atoms with Crippen molar-refractivity contribution in [2.24, 2.45) is 5.92 Å². The van der Waals surface area contributed by atoms with Crippen molar-refractivity contribution in [2.75, 3.05) is 11.0 Å². The minimum absolute atomic E-state index is 0.0614. The van der Waals surface area contributed by atoms with Crippen LogP contribution in [-0.4, -0.2) is 20.6 Å².